The molecule has 6 heteroatoms. The summed E-state index contributed by atoms with van der Waals surface area (Å²) < 4.78 is 5.77. The molecule has 0 unspecified atom stereocenters. The molecule has 0 N–H and O–H groups in total. The largest absolute Gasteiger partial charge is 0.492 e. The van der Waals surface area contributed by atoms with E-state index < -0.39 is 0 Å². The second-order valence-corrected chi connectivity index (χ2v) is 8.16. The zero-order valence-corrected chi connectivity index (χ0v) is 17.6. The molecule has 0 aliphatic carbocycles. The molecule has 29 heavy (non-hydrogen) atoms. The van der Waals surface area contributed by atoms with Crippen LogP contribution in [0.1, 0.15) is 21.6 Å². The van der Waals surface area contributed by atoms with Gasteiger partial charge in [-0.15, -0.1) is 11.3 Å². The molecule has 2 aromatic carbocycles. The zero-order valence-electron chi connectivity index (χ0n) is 16.8. The Labute approximate surface area is 175 Å². The molecule has 1 amide bonds. The van der Waals surface area contributed by atoms with Crippen molar-refractivity contribution in [3.8, 4) is 17.0 Å². The molecule has 1 saturated heterocycles. The maximum Gasteiger partial charge on any atom is 0.266 e. The molecule has 3 aromatic rings. The van der Waals surface area contributed by atoms with E-state index in [1.54, 1.807) is 0 Å². The average molecular weight is 408 g/mol. The van der Waals surface area contributed by atoms with Crippen molar-refractivity contribution in [3.63, 3.8) is 0 Å². The number of nitrogens with zero attached hydrogens (tertiary/aromatic N) is 3. The number of aryl methyl sites for hydroxylation is 1. The van der Waals surface area contributed by atoms with Crippen LogP contribution < -0.4 is 9.64 Å². The van der Waals surface area contributed by atoms with Crippen LogP contribution >= 0.6 is 11.3 Å². The minimum atomic E-state index is 0.0761. The predicted molar refractivity (Wildman–Crippen MR) is 118 cm³/mol. The summed E-state index contributed by atoms with van der Waals surface area (Å²) in [6.07, 6.45) is 0. The van der Waals surface area contributed by atoms with Gasteiger partial charge in [0.2, 0.25) is 0 Å². The van der Waals surface area contributed by atoms with E-state index in [1.807, 2.05) is 67.3 Å². The van der Waals surface area contributed by atoms with Crippen LogP contribution in [0.5, 0.6) is 5.75 Å². The molecule has 1 aliphatic heterocycles. The lowest BCUT2D eigenvalue weighted by Crippen LogP contribution is -2.48. The summed E-state index contributed by atoms with van der Waals surface area (Å²) in [6.45, 7) is 7.53. The Bertz CT molecular complexity index is 979. The quantitative estimate of drug-likeness (QED) is 0.626. The Balaban J connectivity index is 1.50. The first-order valence-electron chi connectivity index (χ1n) is 9.96. The van der Waals surface area contributed by atoms with Crippen molar-refractivity contribution in [1.29, 1.82) is 0 Å². The second-order valence-electron chi connectivity index (χ2n) is 6.96. The monoisotopic (exact) mass is 407 g/mol. The highest BCUT2D eigenvalue weighted by molar-refractivity contribution is 7.14. The number of hydrogen-bond donors (Lipinski definition) is 0. The number of carbonyl (C=O) groups is 1. The molecule has 0 bridgehead atoms. The number of amides is 1. The van der Waals surface area contributed by atoms with Gasteiger partial charge in [-0.3, -0.25) is 4.79 Å². The van der Waals surface area contributed by atoms with Gasteiger partial charge in [0.1, 0.15) is 10.6 Å². The summed E-state index contributed by atoms with van der Waals surface area (Å²) in [5.41, 5.74) is 2.88. The summed E-state index contributed by atoms with van der Waals surface area (Å²) in [4.78, 5) is 22.9. The fourth-order valence-corrected chi connectivity index (χ4v) is 4.56. The number of hydrogen-bond acceptors (Lipinski definition) is 5. The molecular formula is C23H25N3O2S. The van der Waals surface area contributed by atoms with E-state index in [9.17, 15) is 4.79 Å². The van der Waals surface area contributed by atoms with Crippen molar-refractivity contribution < 1.29 is 9.53 Å². The minimum absolute atomic E-state index is 0.0761. The number of benzene rings is 2. The van der Waals surface area contributed by atoms with Gasteiger partial charge in [-0.05, 0) is 26.0 Å². The van der Waals surface area contributed by atoms with Crippen LogP contribution in [0.3, 0.4) is 0 Å². The van der Waals surface area contributed by atoms with E-state index in [0.29, 0.717) is 19.7 Å². The molecule has 1 aliphatic rings. The summed E-state index contributed by atoms with van der Waals surface area (Å²) in [5, 5.41) is 0.913. The normalized spacial score (nSPS) is 14.1. The van der Waals surface area contributed by atoms with E-state index >= 15 is 0 Å². The van der Waals surface area contributed by atoms with Gasteiger partial charge in [0.15, 0.2) is 0 Å². The van der Waals surface area contributed by atoms with Gasteiger partial charge in [-0.2, -0.15) is 0 Å². The number of aromatic nitrogens is 1. The van der Waals surface area contributed by atoms with E-state index in [-0.39, 0.29) is 5.91 Å². The number of ether oxygens (including phenoxy) is 1. The summed E-state index contributed by atoms with van der Waals surface area (Å²) in [5.74, 6) is 0.978. The Hall–Kier alpha value is -2.86. The summed E-state index contributed by atoms with van der Waals surface area (Å²) in [6, 6.07) is 18.1. The van der Waals surface area contributed by atoms with Crippen LogP contribution in [0, 0.1) is 6.92 Å². The summed E-state index contributed by atoms with van der Waals surface area (Å²) >= 11 is 1.48. The fourth-order valence-electron chi connectivity index (χ4n) is 3.65. The van der Waals surface area contributed by atoms with Gasteiger partial charge >= 0.3 is 0 Å². The minimum Gasteiger partial charge on any atom is -0.492 e. The summed E-state index contributed by atoms with van der Waals surface area (Å²) in [7, 11) is 0. The van der Waals surface area contributed by atoms with E-state index in [1.165, 1.54) is 11.3 Å². The molecule has 150 valence electrons. The first kappa shape index (κ1) is 19.5. The van der Waals surface area contributed by atoms with Gasteiger partial charge in [0, 0.05) is 31.7 Å². The highest BCUT2D eigenvalue weighted by Gasteiger charge is 2.27. The maximum atomic E-state index is 13.3. The number of anilines is 1. The van der Waals surface area contributed by atoms with Crippen molar-refractivity contribution in [2.45, 2.75) is 13.8 Å². The van der Waals surface area contributed by atoms with Crippen LogP contribution in [0.2, 0.25) is 0 Å². The molecule has 0 saturated carbocycles. The smallest absolute Gasteiger partial charge is 0.266 e. The third-order valence-corrected chi connectivity index (χ3v) is 6.01. The lowest BCUT2D eigenvalue weighted by Gasteiger charge is -2.36. The van der Waals surface area contributed by atoms with Crippen LogP contribution in [-0.2, 0) is 0 Å². The Kier molecular flexibility index (Phi) is 5.81. The fraction of sp³-hybridized carbons (Fsp3) is 0.304. The molecule has 0 spiro atoms. The maximum absolute atomic E-state index is 13.3. The highest BCUT2D eigenvalue weighted by atomic mass is 32.1. The number of rotatable bonds is 5. The molecule has 5 nitrogen and oxygen atoms in total. The molecule has 1 fully saturated rings. The Morgan fingerprint density at radius 1 is 1.03 bits per heavy atom. The predicted octanol–water partition coefficient (Wildman–Crippen LogP) is 4.48. The van der Waals surface area contributed by atoms with Gasteiger partial charge in [-0.1, -0.05) is 42.5 Å². The van der Waals surface area contributed by atoms with Crippen LogP contribution in [-0.4, -0.2) is 48.6 Å². The molecule has 0 radical (unpaired) electrons. The van der Waals surface area contributed by atoms with Crippen LogP contribution in [0.4, 0.5) is 5.69 Å². The molecule has 0 atom stereocenters. The van der Waals surface area contributed by atoms with Gasteiger partial charge < -0.3 is 14.5 Å². The number of piperazine rings is 1. The van der Waals surface area contributed by atoms with Gasteiger partial charge in [0.05, 0.1) is 23.0 Å². The first-order valence-corrected chi connectivity index (χ1v) is 10.8. The van der Waals surface area contributed by atoms with Crippen molar-refractivity contribution in [1.82, 2.24) is 9.88 Å². The van der Waals surface area contributed by atoms with Gasteiger partial charge in [0.25, 0.3) is 5.91 Å². The van der Waals surface area contributed by atoms with E-state index in [0.717, 1.165) is 45.7 Å². The highest BCUT2D eigenvalue weighted by Crippen LogP contribution is 2.31. The lowest BCUT2D eigenvalue weighted by molar-refractivity contribution is 0.0752. The third kappa shape index (κ3) is 4.12. The average Bonchev–Trinajstić information content (AvgIpc) is 3.16. The Morgan fingerprint density at radius 3 is 2.45 bits per heavy atom. The van der Waals surface area contributed by atoms with Crippen molar-refractivity contribution >= 4 is 22.9 Å². The Morgan fingerprint density at radius 2 is 1.72 bits per heavy atom. The number of carbonyl (C=O) groups excluding carboxylic acids is 1. The topological polar surface area (TPSA) is 45.7 Å². The molecular weight excluding hydrogens is 382 g/mol. The lowest BCUT2D eigenvalue weighted by atomic mass is 10.1. The number of para-hydroxylation sites is 2. The zero-order chi connectivity index (χ0) is 20.2. The van der Waals surface area contributed by atoms with Crippen molar-refractivity contribution in [2.75, 3.05) is 37.7 Å². The second kappa shape index (κ2) is 8.66. The van der Waals surface area contributed by atoms with Gasteiger partial charge in [-0.25, -0.2) is 4.98 Å². The SMILES string of the molecule is CCOc1ccccc1N1CCN(C(=O)c2sc(C)nc2-c2ccccc2)CC1. The van der Waals surface area contributed by atoms with E-state index in [4.69, 9.17) is 4.74 Å². The third-order valence-electron chi connectivity index (χ3n) is 5.05. The standard InChI is InChI=1S/C23H25N3O2S/c1-3-28-20-12-8-7-11-19(20)25-13-15-26(16-14-25)23(27)22-21(24-17(2)29-22)18-9-5-4-6-10-18/h4-12H,3,13-16H2,1-2H3. The van der Waals surface area contributed by atoms with Crippen molar-refractivity contribution in [2.24, 2.45) is 0 Å². The first-order chi connectivity index (χ1) is 14.2. The van der Waals surface area contributed by atoms with Crippen LogP contribution in [0.25, 0.3) is 11.3 Å². The number of thiazole rings is 1. The molecule has 1 aromatic heterocycles. The molecule has 4 rings (SSSR count). The van der Waals surface area contributed by atoms with E-state index in [2.05, 4.69) is 16.0 Å². The van der Waals surface area contributed by atoms with Crippen LogP contribution in [0.15, 0.2) is 54.6 Å². The van der Waals surface area contributed by atoms with Crippen molar-refractivity contribution in [3.05, 3.63) is 64.5 Å². The molecule has 2 heterocycles.